The second kappa shape index (κ2) is 4.83. The van der Waals surface area contributed by atoms with Gasteiger partial charge in [0.15, 0.2) is 17.4 Å². The molecule has 10 nitrogen and oxygen atoms in total. The van der Waals surface area contributed by atoms with E-state index in [0.29, 0.717) is 0 Å². The summed E-state index contributed by atoms with van der Waals surface area (Å²) < 4.78 is 5.22. The Morgan fingerprint density at radius 2 is 2.20 bits per heavy atom. The molecule has 0 aromatic carbocycles. The van der Waals surface area contributed by atoms with Gasteiger partial charge in [0.1, 0.15) is 18.3 Å². The minimum Gasteiger partial charge on any atom is -0.394 e. The van der Waals surface area contributed by atoms with E-state index in [1.54, 1.807) is 0 Å². The summed E-state index contributed by atoms with van der Waals surface area (Å²) >= 11 is 0. The van der Waals surface area contributed by atoms with Crippen LogP contribution in [0.4, 0.5) is 5.95 Å². The molecular weight excluding hydrogens is 270 g/mol. The van der Waals surface area contributed by atoms with Crippen LogP contribution in [0.15, 0.2) is 11.1 Å². The Labute approximate surface area is 111 Å². The van der Waals surface area contributed by atoms with E-state index < -0.39 is 36.7 Å². The van der Waals surface area contributed by atoms with E-state index in [2.05, 4.69) is 25.3 Å². The van der Waals surface area contributed by atoms with Gasteiger partial charge in [0.25, 0.3) is 5.56 Å². The Morgan fingerprint density at radius 1 is 1.40 bits per heavy atom. The van der Waals surface area contributed by atoms with Crippen LogP contribution < -0.4 is 10.9 Å². The maximum atomic E-state index is 11.7. The van der Waals surface area contributed by atoms with E-state index in [-0.39, 0.29) is 17.1 Å². The van der Waals surface area contributed by atoms with Crippen molar-refractivity contribution in [1.82, 2.24) is 19.9 Å². The van der Waals surface area contributed by atoms with E-state index in [4.69, 9.17) is 9.84 Å². The number of aliphatic hydroxyl groups is 3. The number of hydrogen-bond acceptors (Lipinski definition) is 8. The number of hydrogen-bond donors (Lipinski definition) is 6. The van der Waals surface area contributed by atoms with Crippen molar-refractivity contribution >= 4 is 17.1 Å². The molecule has 4 atom stereocenters. The third kappa shape index (κ3) is 2.04. The summed E-state index contributed by atoms with van der Waals surface area (Å²) in [7, 11) is 0. The molecule has 0 amide bonds. The van der Waals surface area contributed by atoms with Crippen LogP contribution in [-0.4, -0.2) is 66.4 Å². The summed E-state index contributed by atoms with van der Waals surface area (Å²) in [5.74, 6) is 0.0458. The lowest BCUT2D eigenvalue weighted by molar-refractivity contribution is -0.0154. The number of aromatic amines is 2. The number of fused-ring (bicyclic) bond motifs is 1. The lowest BCUT2D eigenvalue weighted by Gasteiger charge is -2.16. The summed E-state index contributed by atoms with van der Waals surface area (Å²) in [6.07, 6.45) is -3.04. The first kappa shape index (κ1) is 13.0. The summed E-state index contributed by atoms with van der Waals surface area (Å²) in [6, 6.07) is 0. The molecule has 1 fully saturated rings. The lowest BCUT2D eigenvalue weighted by Crippen LogP contribution is -2.37. The van der Waals surface area contributed by atoms with Gasteiger partial charge < -0.3 is 30.4 Å². The molecule has 3 rings (SSSR count). The van der Waals surface area contributed by atoms with E-state index in [1.807, 2.05) is 0 Å². The molecule has 2 aromatic rings. The summed E-state index contributed by atoms with van der Waals surface area (Å²) in [5, 5.41) is 31.0. The highest BCUT2D eigenvalue weighted by Crippen LogP contribution is 2.21. The summed E-state index contributed by atoms with van der Waals surface area (Å²) in [4.78, 5) is 24.7. The van der Waals surface area contributed by atoms with Crippen LogP contribution in [0.3, 0.4) is 0 Å². The molecule has 0 spiro atoms. The minimum atomic E-state index is -1.26. The van der Waals surface area contributed by atoms with Crippen molar-refractivity contribution in [3.8, 4) is 0 Å². The zero-order chi connectivity index (χ0) is 14.3. The predicted molar refractivity (Wildman–Crippen MR) is 65.9 cm³/mol. The van der Waals surface area contributed by atoms with Gasteiger partial charge in [-0.25, -0.2) is 4.98 Å². The summed E-state index contributed by atoms with van der Waals surface area (Å²) in [6.45, 7) is -0.432. The Morgan fingerprint density at radius 3 is 2.90 bits per heavy atom. The average molecular weight is 283 g/mol. The fraction of sp³-hybridized carbons (Fsp3) is 0.500. The van der Waals surface area contributed by atoms with Crippen LogP contribution in [0.1, 0.15) is 0 Å². The van der Waals surface area contributed by atoms with Gasteiger partial charge in [-0.1, -0.05) is 0 Å². The van der Waals surface area contributed by atoms with Crippen molar-refractivity contribution in [2.24, 2.45) is 0 Å². The second-order valence-corrected chi connectivity index (χ2v) is 4.42. The molecule has 1 aliphatic heterocycles. The quantitative estimate of drug-likeness (QED) is 0.361. The van der Waals surface area contributed by atoms with Gasteiger partial charge in [-0.05, 0) is 0 Å². The van der Waals surface area contributed by atoms with Crippen molar-refractivity contribution in [2.75, 3.05) is 11.9 Å². The zero-order valence-corrected chi connectivity index (χ0v) is 10.1. The maximum Gasteiger partial charge on any atom is 0.278 e. The zero-order valence-electron chi connectivity index (χ0n) is 10.1. The van der Waals surface area contributed by atoms with Crippen molar-refractivity contribution in [1.29, 1.82) is 0 Å². The molecule has 10 heteroatoms. The Hall–Kier alpha value is -2.01. The van der Waals surface area contributed by atoms with Crippen molar-refractivity contribution in [2.45, 2.75) is 24.5 Å². The molecule has 1 saturated heterocycles. The van der Waals surface area contributed by atoms with Gasteiger partial charge in [0.05, 0.1) is 12.9 Å². The fourth-order valence-electron chi connectivity index (χ4n) is 2.06. The number of nitrogens with zero attached hydrogens (tertiary/aromatic N) is 2. The number of ether oxygens (including phenoxy) is 1. The van der Waals surface area contributed by atoms with Crippen LogP contribution in [0.25, 0.3) is 11.2 Å². The Kier molecular flexibility index (Phi) is 3.14. The molecule has 1 unspecified atom stereocenters. The normalized spacial score (nSPS) is 29.9. The third-order valence-corrected chi connectivity index (χ3v) is 3.12. The van der Waals surface area contributed by atoms with Crippen LogP contribution >= 0.6 is 0 Å². The lowest BCUT2D eigenvalue weighted by atomic mass is 10.1. The maximum absolute atomic E-state index is 11.7. The Balaban J connectivity index is 1.84. The number of aromatic nitrogens is 4. The topological polar surface area (TPSA) is 156 Å². The number of anilines is 1. The molecule has 108 valence electrons. The van der Waals surface area contributed by atoms with Crippen molar-refractivity contribution < 1.29 is 20.1 Å². The van der Waals surface area contributed by atoms with Crippen LogP contribution in [0.2, 0.25) is 0 Å². The molecule has 2 aromatic heterocycles. The molecule has 20 heavy (non-hydrogen) atoms. The van der Waals surface area contributed by atoms with Gasteiger partial charge in [-0.2, -0.15) is 4.98 Å². The number of imidazole rings is 1. The molecule has 0 radical (unpaired) electrons. The first-order valence-corrected chi connectivity index (χ1v) is 5.92. The van der Waals surface area contributed by atoms with E-state index in [0.717, 1.165) is 0 Å². The number of rotatable bonds is 3. The van der Waals surface area contributed by atoms with Crippen LogP contribution in [0, 0.1) is 0 Å². The smallest absolute Gasteiger partial charge is 0.278 e. The van der Waals surface area contributed by atoms with E-state index in [1.165, 1.54) is 6.33 Å². The number of nitrogens with one attached hydrogen (secondary N) is 3. The van der Waals surface area contributed by atoms with Gasteiger partial charge >= 0.3 is 0 Å². The number of H-pyrrole nitrogens is 2. The molecule has 1 aliphatic rings. The standard InChI is InChI=1S/C10H13N5O5/c16-1-3-5(17)6(18)9(20-3)15-10-13-7-4(8(19)14-10)11-2-12-7/h2-3,5-6,9,16-18H,1H2,(H3,11,12,13,14,15,19)/t3-,5+,6-,9?/m1/s1. The molecule has 0 saturated carbocycles. The average Bonchev–Trinajstić information content (AvgIpc) is 2.99. The van der Waals surface area contributed by atoms with Gasteiger partial charge in [0, 0.05) is 0 Å². The molecule has 0 bridgehead atoms. The monoisotopic (exact) mass is 283 g/mol. The van der Waals surface area contributed by atoms with Gasteiger partial charge in [0.2, 0.25) is 5.95 Å². The number of aliphatic hydroxyl groups excluding tert-OH is 3. The predicted octanol–water partition coefficient (Wildman–Crippen LogP) is -2.50. The first-order valence-electron chi connectivity index (χ1n) is 5.92. The highest BCUT2D eigenvalue weighted by atomic mass is 16.6. The highest BCUT2D eigenvalue weighted by molar-refractivity contribution is 5.69. The van der Waals surface area contributed by atoms with Gasteiger partial charge in [-0.3, -0.25) is 9.78 Å². The molecule has 6 N–H and O–H groups in total. The second-order valence-electron chi connectivity index (χ2n) is 4.42. The minimum absolute atomic E-state index is 0.0458. The molecular formula is C10H13N5O5. The third-order valence-electron chi connectivity index (χ3n) is 3.12. The van der Waals surface area contributed by atoms with Crippen LogP contribution in [0.5, 0.6) is 0 Å². The van der Waals surface area contributed by atoms with Crippen LogP contribution in [-0.2, 0) is 4.74 Å². The molecule has 0 aliphatic carbocycles. The summed E-state index contributed by atoms with van der Waals surface area (Å²) in [5.41, 5.74) is 0.0152. The van der Waals surface area contributed by atoms with Crippen molar-refractivity contribution in [3.63, 3.8) is 0 Å². The Bertz CT molecular complexity index is 669. The highest BCUT2D eigenvalue weighted by Gasteiger charge is 2.42. The fourth-order valence-corrected chi connectivity index (χ4v) is 2.06. The van der Waals surface area contributed by atoms with Crippen molar-refractivity contribution in [3.05, 3.63) is 16.7 Å². The van der Waals surface area contributed by atoms with E-state index in [9.17, 15) is 15.0 Å². The van der Waals surface area contributed by atoms with E-state index >= 15 is 0 Å². The first-order chi connectivity index (χ1) is 9.60. The molecule has 3 heterocycles. The van der Waals surface area contributed by atoms with Gasteiger partial charge in [-0.15, -0.1) is 0 Å². The largest absolute Gasteiger partial charge is 0.394 e. The SMILES string of the molecule is O=c1[nH]c(NC2O[C@H](CO)[C@H](O)[C@H]2O)nc2nc[nH]c12.